The van der Waals surface area contributed by atoms with Gasteiger partial charge in [-0.15, -0.1) is 0 Å². The number of carbonyl (C=O) groups is 2. The van der Waals surface area contributed by atoms with Crippen LogP contribution in [0, 0.1) is 0 Å². The molecular formula is C20H22N2O4. The molecule has 0 saturated carbocycles. The highest BCUT2D eigenvalue weighted by Gasteiger charge is 2.24. The Morgan fingerprint density at radius 1 is 1.08 bits per heavy atom. The van der Waals surface area contributed by atoms with Crippen LogP contribution in [0.25, 0.3) is 0 Å². The molecule has 2 aromatic carbocycles. The van der Waals surface area contributed by atoms with E-state index in [0.29, 0.717) is 42.4 Å². The number of rotatable bonds is 6. The van der Waals surface area contributed by atoms with Gasteiger partial charge in [-0.25, -0.2) is 0 Å². The molecule has 0 aromatic heterocycles. The van der Waals surface area contributed by atoms with Gasteiger partial charge in [-0.3, -0.25) is 9.59 Å². The molecule has 0 radical (unpaired) electrons. The highest BCUT2D eigenvalue weighted by atomic mass is 16.5. The van der Waals surface area contributed by atoms with Crippen molar-refractivity contribution in [3.8, 4) is 11.5 Å². The average molecular weight is 354 g/mol. The Labute approximate surface area is 152 Å². The number of likely N-dealkylation sites (N-methyl/N-ethyl adjacent to an activating group) is 1. The molecule has 1 heterocycles. The molecule has 1 aliphatic rings. The van der Waals surface area contributed by atoms with Crippen molar-refractivity contribution in [2.75, 3.05) is 30.5 Å². The van der Waals surface area contributed by atoms with E-state index >= 15 is 0 Å². The number of fused-ring (bicyclic) bond motifs is 1. The van der Waals surface area contributed by atoms with Crippen LogP contribution in [0.15, 0.2) is 36.4 Å². The van der Waals surface area contributed by atoms with Crippen LogP contribution in [0.4, 0.5) is 11.4 Å². The number of amides is 2. The number of carbonyl (C=O) groups excluding carboxylic acids is 2. The van der Waals surface area contributed by atoms with E-state index in [-0.39, 0.29) is 11.8 Å². The molecule has 1 N–H and O–H groups in total. The normalized spacial score (nSPS) is 12.7. The third kappa shape index (κ3) is 3.49. The SMILES string of the molecule is CCOc1ccc(C(=O)Nc2ccc3c(c2)CC(=O)N3C)cc1OCC. The van der Waals surface area contributed by atoms with Gasteiger partial charge in [0.1, 0.15) is 0 Å². The van der Waals surface area contributed by atoms with Gasteiger partial charge in [-0.1, -0.05) is 0 Å². The second-order valence-electron chi connectivity index (χ2n) is 5.95. The molecule has 6 heteroatoms. The Hall–Kier alpha value is -3.02. The number of ether oxygens (including phenoxy) is 2. The summed E-state index contributed by atoms with van der Waals surface area (Å²) < 4.78 is 11.1. The van der Waals surface area contributed by atoms with Crippen molar-refractivity contribution in [1.29, 1.82) is 0 Å². The topological polar surface area (TPSA) is 67.9 Å². The number of hydrogen-bond donors (Lipinski definition) is 1. The quantitative estimate of drug-likeness (QED) is 0.865. The predicted octanol–water partition coefficient (Wildman–Crippen LogP) is 3.26. The van der Waals surface area contributed by atoms with Gasteiger partial charge in [0.05, 0.1) is 19.6 Å². The standard InChI is InChI=1S/C20H22N2O4/c1-4-25-17-9-6-13(11-18(17)26-5-2)20(24)21-15-7-8-16-14(10-15)12-19(23)22(16)3/h6-11H,4-5,12H2,1-3H3,(H,21,24). The van der Waals surface area contributed by atoms with E-state index in [1.807, 2.05) is 26.0 Å². The fourth-order valence-electron chi connectivity index (χ4n) is 2.94. The Morgan fingerprint density at radius 2 is 1.81 bits per heavy atom. The number of benzene rings is 2. The van der Waals surface area contributed by atoms with Crippen molar-refractivity contribution >= 4 is 23.2 Å². The Bertz CT molecular complexity index is 848. The summed E-state index contributed by atoms with van der Waals surface area (Å²) in [6, 6.07) is 10.6. The van der Waals surface area contributed by atoms with Gasteiger partial charge in [0.15, 0.2) is 11.5 Å². The summed E-state index contributed by atoms with van der Waals surface area (Å²) in [6.45, 7) is 4.78. The molecule has 0 spiro atoms. The zero-order valence-corrected chi connectivity index (χ0v) is 15.2. The van der Waals surface area contributed by atoms with Crippen LogP contribution in [-0.4, -0.2) is 32.1 Å². The molecule has 0 atom stereocenters. The molecule has 0 aliphatic carbocycles. The average Bonchev–Trinajstić information content (AvgIpc) is 2.90. The van der Waals surface area contributed by atoms with Crippen LogP contribution in [0.1, 0.15) is 29.8 Å². The molecule has 3 rings (SSSR count). The van der Waals surface area contributed by atoms with Crippen molar-refractivity contribution in [3.63, 3.8) is 0 Å². The maximum atomic E-state index is 12.6. The number of anilines is 2. The number of nitrogens with one attached hydrogen (secondary N) is 1. The molecule has 2 aromatic rings. The van der Waals surface area contributed by atoms with E-state index in [2.05, 4.69) is 5.32 Å². The van der Waals surface area contributed by atoms with E-state index in [4.69, 9.17) is 9.47 Å². The molecule has 0 bridgehead atoms. The minimum atomic E-state index is -0.244. The summed E-state index contributed by atoms with van der Waals surface area (Å²) in [5.41, 5.74) is 2.93. The van der Waals surface area contributed by atoms with Gasteiger partial charge in [-0.05, 0) is 55.8 Å². The van der Waals surface area contributed by atoms with Crippen molar-refractivity contribution in [2.24, 2.45) is 0 Å². The largest absolute Gasteiger partial charge is 0.490 e. The summed E-state index contributed by atoms with van der Waals surface area (Å²) in [7, 11) is 1.75. The van der Waals surface area contributed by atoms with Crippen molar-refractivity contribution in [3.05, 3.63) is 47.5 Å². The lowest BCUT2D eigenvalue weighted by molar-refractivity contribution is -0.117. The highest BCUT2D eigenvalue weighted by molar-refractivity contribution is 6.06. The predicted molar refractivity (Wildman–Crippen MR) is 100 cm³/mol. The first-order chi connectivity index (χ1) is 12.5. The molecule has 1 aliphatic heterocycles. The molecule has 0 saturated heterocycles. The first-order valence-electron chi connectivity index (χ1n) is 8.64. The monoisotopic (exact) mass is 354 g/mol. The molecule has 26 heavy (non-hydrogen) atoms. The van der Waals surface area contributed by atoms with Crippen LogP contribution in [0.3, 0.4) is 0 Å². The molecule has 6 nitrogen and oxygen atoms in total. The van der Waals surface area contributed by atoms with Crippen molar-refractivity contribution in [2.45, 2.75) is 20.3 Å². The maximum Gasteiger partial charge on any atom is 0.255 e. The fourth-order valence-corrected chi connectivity index (χ4v) is 2.94. The minimum absolute atomic E-state index is 0.0522. The van der Waals surface area contributed by atoms with Crippen LogP contribution in [-0.2, 0) is 11.2 Å². The zero-order valence-electron chi connectivity index (χ0n) is 15.2. The summed E-state index contributed by atoms with van der Waals surface area (Å²) in [4.78, 5) is 26.0. The van der Waals surface area contributed by atoms with E-state index in [1.54, 1.807) is 36.2 Å². The van der Waals surface area contributed by atoms with Crippen LogP contribution in [0.2, 0.25) is 0 Å². The maximum absolute atomic E-state index is 12.6. The van der Waals surface area contributed by atoms with Gasteiger partial charge < -0.3 is 19.7 Å². The fraction of sp³-hybridized carbons (Fsp3) is 0.300. The molecular weight excluding hydrogens is 332 g/mol. The van der Waals surface area contributed by atoms with Crippen LogP contribution >= 0.6 is 0 Å². The molecule has 136 valence electrons. The molecule has 2 amide bonds. The van der Waals surface area contributed by atoms with Crippen molar-refractivity contribution < 1.29 is 19.1 Å². The zero-order chi connectivity index (χ0) is 18.7. The molecule has 0 unspecified atom stereocenters. The van der Waals surface area contributed by atoms with Gasteiger partial charge in [0, 0.05) is 24.0 Å². The van der Waals surface area contributed by atoms with Crippen molar-refractivity contribution in [1.82, 2.24) is 0 Å². The first-order valence-corrected chi connectivity index (χ1v) is 8.64. The van der Waals surface area contributed by atoms with Crippen LogP contribution < -0.4 is 19.7 Å². The van der Waals surface area contributed by atoms with E-state index < -0.39 is 0 Å². The van der Waals surface area contributed by atoms with E-state index in [0.717, 1.165) is 11.3 Å². The van der Waals surface area contributed by atoms with E-state index in [9.17, 15) is 9.59 Å². The lowest BCUT2D eigenvalue weighted by atomic mass is 10.1. The van der Waals surface area contributed by atoms with Gasteiger partial charge in [0.2, 0.25) is 5.91 Å². The minimum Gasteiger partial charge on any atom is -0.490 e. The summed E-state index contributed by atoms with van der Waals surface area (Å²) in [5, 5.41) is 2.87. The van der Waals surface area contributed by atoms with Gasteiger partial charge in [0.25, 0.3) is 5.91 Å². The lowest BCUT2D eigenvalue weighted by Gasteiger charge is -2.13. The summed E-state index contributed by atoms with van der Waals surface area (Å²) in [6.07, 6.45) is 0.354. The lowest BCUT2D eigenvalue weighted by Crippen LogP contribution is -2.20. The smallest absolute Gasteiger partial charge is 0.255 e. The summed E-state index contributed by atoms with van der Waals surface area (Å²) in [5.74, 6) is 0.969. The van der Waals surface area contributed by atoms with E-state index in [1.165, 1.54) is 0 Å². The Kier molecular flexibility index (Phi) is 5.11. The second-order valence-corrected chi connectivity index (χ2v) is 5.95. The Morgan fingerprint density at radius 3 is 2.54 bits per heavy atom. The van der Waals surface area contributed by atoms with Crippen LogP contribution in [0.5, 0.6) is 11.5 Å². The third-order valence-corrected chi connectivity index (χ3v) is 4.22. The molecule has 0 fully saturated rings. The first kappa shape index (κ1) is 17.8. The highest BCUT2D eigenvalue weighted by Crippen LogP contribution is 2.31. The number of nitrogens with zero attached hydrogens (tertiary/aromatic N) is 1. The van der Waals surface area contributed by atoms with Gasteiger partial charge in [-0.2, -0.15) is 0 Å². The van der Waals surface area contributed by atoms with Gasteiger partial charge >= 0.3 is 0 Å². The number of hydrogen-bond acceptors (Lipinski definition) is 4. The Balaban J connectivity index is 1.79. The summed E-state index contributed by atoms with van der Waals surface area (Å²) >= 11 is 0. The second kappa shape index (κ2) is 7.47. The third-order valence-electron chi connectivity index (χ3n) is 4.22.